The zero-order valence-corrected chi connectivity index (χ0v) is 30.5. The summed E-state index contributed by atoms with van der Waals surface area (Å²) in [5.74, 6) is -0.897. The van der Waals surface area contributed by atoms with Gasteiger partial charge in [-0.3, -0.25) is 14.1 Å². The van der Waals surface area contributed by atoms with E-state index in [1.54, 1.807) is 0 Å². The Hall–Kier alpha value is -1.19. The van der Waals surface area contributed by atoms with Crippen molar-refractivity contribution in [3.8, 4) is 0 Å². The fourth-order valence-electron chi connectivity index (χ4n) is 5.75. The van der Waals surface area contributed by atoms with Crippen molar-refractivity contribution >= 4 is 22.1 Å². The van der Waals surface area contributed by atoms with Crippen LogP contribution >= 0.6 is 0 Å². The molecule has 0 aromatic rings. The summed E-state index contributed by atoms with van der Waals surface area (Å²) >= 11 is 0. The number of hydrogen-bond donors (Lipinski definition) is 1. The van der Waals surface area contributed by atoms with Gasteiger partial charge >= 0.3 is 11.9 Å². The monoisotopic (exact) mass is 648 g/mol. The third-order valence-corrected chi connectivity index (χ3v) is 9.79. The first-order chi connectivity index (χ1) is 20.6. The van der Waals surface area contributed by atoms with Crippen LogP contribution in [0.1, 0.15) is 157 Å². The van der Waals surface area contributed by atoms with Crippen LogP contribution in [-0.4, -0.2) is 75.5 Å². The van der Waals surface area contributed by atoms with Crippen LogP contribution in [0.5, 0.6) is 0 Å². The molecule has 0 aliphatic heterocycles. The standard InChI is InChI=1S/C35H69NO7S/c1-8-10-11-12-13-14-15-16-17-18-19-20-21-22-23-24-28-42-32(37)34(3,4)31-35(5,9-2)33(38)43-29-27-36(6,7)26-25-30-44(39,40)41/h8-31H2,1-7H3/p+1. The lowest BCUT2D eigenvalue weighted by molar-refractivity contribution is -0.890. The van der Waals surface area contributed by atoms with Crippen molar-refractivity contribution in [1.29, 1.82) is 0 Å². The Kier molecular flexibility index (Phi) is 22.6. The highest BCUT2D eigenvalue weighted by molar-refractivity contribution is 7.85. The Morgan fingerprint density at radius 2 is 1.07 bits per heavy atom. The third-order valence-electron chi connectivity index (χ3n) is 8.98. The fraction of sp³-hybridized carbons (Fsp3) is 0.943. The molecular weight excluding hydrogens is 578 g/mol. The first-order valence-corrected chi connectivity index (χ1v) is 19.3. The van der Waals surface area contributed by atoms with Gasteiger partial charge in [-0.25, -0.2) is 0 Å². The molecule has 0 spiro atoms. The quantitative estimate of drug-likeness (QED) is 0.0375. The Labute approximate surface area is 271 Å². The van der Waals surface area contributed by atoms with E-state index in [4.69, 9.17) is 14.0 Å². The summed E-state index contributed by atoms with van der Waals surface area (Å²) < 4.78 is 42.6. The molecule has 0 amide bonds. The summed E-state index contributed by atoms with van der Waals surface area (Å²) in [7, 11) is -0.129. The van der Waals surface area contributed by atoms with Gasteiger partial charge in [-0.1, -0.05) is 110 Å². The first-order valence-electron chi connectivity index (χ1n) is 17.7. The van der Waals surface area contributed by atoms with Gasteiger partial charge in [0, 0.05) is 6.42 Å². The molecule has 0 bridgehead atoms. The molecule has 0 fully saturated rings. The molecule has 0 aromatic heterocycles. The minimum atomic E-state index is -3.98. The largest absolute Gasteiger partial charge is 0.465 e. The molecule has 9 heteroatoms. The second-order valence-corrected chi connectivity index (χ2v) is 16.1. The molecule has 44 heavy (non-hydrogen) atoms. The van der Waals surface area contributed by atoms with Crippen molar-refractivity contribution in [2.45, 2.75) is 157 Å². The average Bonchev–Trinajstić information content (AvgIpc) is 2.93. The van der Waals surface area contributed by atoms with Gasteiger partial charge in [0.2, 0.25) is 0 Å². The molecule has 0 aromatic carbocycles. The number of quaternary nitrogens is 1. The third kappa shape index (κ3) is 22.3. The summed E-state index contributed by atoms with van der Waals surface area (Å²) in [6.45, 7) is 11.3. The number of unbranched alkanes of at least 4 members (excludes halogenated alkanes) is 15. The molecule has 0 radical (unpaired) electrons. The van der Waals surface area contributed by atoms with Gasteiger partial charge in [0.15, 0.2) is 0 Å². The minimum Gasteiger partial charge on any atom is -0.465 e. The summed E-state index contributed by atoms with van der Waals surface area (Å²) in [6, 6.07) is 0. The molecule has 0 saturated carbocycles. The molecule has 1 atom stereocenters. The minimum absolute atomic E-state index is 0.192. The molecule has 1 N–H and O–H groups in total. The van der Waals surface area contributed by atoms with E-state index in [1.807, 2.05) is 41.8 Å². The second-order valence-electron chi connectivity index (χ2n) is 14.6. The molecular formula is C35H70NO7S+. The summed E-state index contributed by atoms with van der Waals surface area (Å²) in [5, 5.41) is 0. The lowest BCUT2D eigenvalue weighted by atomic mass is 9.72. The van der Waals surface area contributed by atoms with Crippen LogP contribution in [-0.2, 0) is 29.2 Å². The van der Waals surface area contributed by atoms with Crippen molar-refractivity contribution in [1.82, 2.24) is 0 Å². The van der Waals surface area contributed by atoms with Crippen molar-refractivity contribution < 1.29 is 36.5 Å². The number of carbonyl (C=O) groups is 2. The van der Waals surface area contributed by atoms with Gasteiger partial charge in [-0.05, 0) is 40.0 Å². The normalized spacial score (nSPS) is 13.9. The number of rotatable bonds is 29. The van der Waals surface area contributed by atoms with Gasteiger partial charge in [0.1, 0.15) is 13.2 Å². The van der Waals surface area contributed by atoms with Crippen LogP contribution in [0.25, 0.3) is 0 Å². The number of nitrogens with zero attached hydrogens (tertiary/aromatic N) is 1. The first kappa shape index (κ1) is 42.8. The van der Waals surface area contributed by atoms with Crippen molar-refractivity contribution in [2.24, 2.45) is 10.8 Å². The predicted octanol–water partition coefficient (Wildman–Crippen LogP) is 8.52. The Morgan fingerprint density at radius 1 is 0.636 bits per heavy atom. The maximum atomic E-state index is 13.1. The van der Waals surface area contributed by atoms with Crippen LogP contribution in [0.15, 0.2) is 0 Å². The van der Waals surface area contributed by atoms with Crippen LogP contribution in [0.3, 0.4) is 0 Å². The number of likely N-dealkylation sites (N-methyl/N-ethyl adjacent to an activating group) is 1. The van der Waals surface area contributed by atoms with Gasteiger partial charge in [-0.15, -0.1) is 0 Å². The SMILES string of the molecule is CCCCCCCCCCCCCCCCCCOC(=O)C(C)(C)CC(C)(CC)C(=O)OCC[N+](C)(C)CCCS(=O)(=O)O. The van der Waals surface area contributed by atoms with E-state index >= 15 is 0 Å². The van der Waals surface area contributed by atoms with E-state index in [2.05, 4.69) is 6.92 Å². The second kappa shape index (κ2) is 23.2. The molecule has 0 aliphatic carbocycles. The molecule has 0 heterocycles. The molecule has 262 valence electrons. The maximum Gasteiger partial charge on any atom is 0.312 e. The van der Waals surface area contributed by atoms with E-state index in [-0.39, 0.29) is 24.3 Å². The number of carbonyl (C=O) groups excluding carboxylic acids is 2. The Bertz CT molecular complexity index is 872. The summed E-state index contributed by atoms with van der Waals surface area (Å²) in [5.41, 5.74) is -1.64. The fourth-order valence-corrected chi connectivity index (χ4v) is 6.24. The van der Waals surface area contributed by atoms with Crippen LogP contribution in [0, 0.1) is 10.8 Å². The van der Waals surface area contributed by atoms with E-state index in [0.717, 1.165) is 12.8 Å². The van der Waals surface area contributed by atoms with Gasteiger partial charge in [0.25, 0.3) is 10.1 Å². The summed E-state index contributed by atoms with van der Waals surface area (Å²) in [4.78, 5) is 26.0. The van der Waals surface area contributed by atoms with Crippen molar-refractivity contribution in [3.05, 3.63) is 0 Å². The van der Waals surface area contributed by atoms with Crippen molar-refractivity contribution in [2.75, 3.05) is 46.2 Å². The lowest BCUT2D eigenvalue weighted by Gasteiger charge is -2.34. The van der Waals surface area contributed by atoms with Gasteiger partial charge < -0.3 is 14.0 Å². The highest BCUT2D eigenvalue weighted by Crippen LogP contribution is 2.38. The van der Waals surface area contributed by atoms with E-state index in [0.29, 0.717) is 43.4 Å². The maximum absolute atomic E-state index is 13.1. The number of ether oxygens (including phenoxy) is 2. The number of hydrogen-bond acceptors (Lipinski definition) is 6. The molecule has 0 aliphatic rings. The van der Waals surface area contributed by atoms with Crippen molar-refractivity contribution in [3.63, 3.8) is 0 Å². The topological polar surface area (TPSA) is 107 Å². The van der Waals surface area contributed by atoms with Crippen LogP contribution in [0.4, 0.5) is 0 Å². The molecule has 8 nitrogen and oxygen atoms in total. The van der Waals surface area contributed by atoms with E-state index in [1.165, 1.54) is 89.9 Å². The van der Waals surface area contributed by atoms with Crippen LogP contribution < -0.4 is 0 Å². The molecule has 0 saturated heterocycles. The highest BCUT2D eigenvalue weighted by Gasteiger charge is 2.43. The zero-order valence-electron chi connectivity index (χ0n) is 29.7. The molecule has 0 rings (SSSR count). The zero-order chi connectivity index (χ0) is 33.5. The smallest absolute Gasteiger partial charge is 0.312 e. The predicted molar refractivity (Wildman–Crippen MR) is 181 cm³/mol. The molecule has 1 unspecified atom stereocenters. The average molecular weight is 649 g/mol. The van der Waals surface area contributed by atoms with Crippen LogP contribution in [0.2, 0.25) is 0 Å². The van der Waals surface area contributed by atoms with Gasteiger partial charge in [0.05, 0.1) is 43.8 Å². The lowest BCUT2D eigenvalue weighted by Crippen LogP contribution is -2.45. The van der Waals surface area contributed by atoms with E-state index < -0.39 is 20.9 Å². The highest BCUT2D eigenvalue weighted by atomic mass is 32.2. The Balaban J connectivity index is 4.15. The Morgan fingerprint density at radius 3 is 1.50 bits per heavy atom. The number of esters is 2. The van der Waals surface area contributed by atoms with Gasteiger partial charge in [-0.2, -0.15) is 8.42 Å². The van der Waals surface area contributed by atoms with E-state index in [9.17, 15) is 18.0 Å². The summed E-state index contributed by atoms with van der Waals surface area (Å²) in [6.07, 6.45) is 22.0.